The van der Waals surface area contributed by atoms with E-state index in [0.29, 0.717) is 23.7 Å². The maximum absolute atomic E-state index is 13.8. The van der Waals surface area contributed by atoms with Gasteiger partial charge in [0.2, 0.25) is 0 Å². The second kappa shape index (κ2) is 11.9. The minimum Gasteiger partial charge on any atom is -0.375 e. The van der Waals surface area contributed by atoms with E-state index in [9.17, 15) is 4.79 Å². The van der Waals surface area contributed by atoms with Crippen molar-refractivity contribution in [2.75, 3.05) is 19.6 Å². The molecule has 2 aliphatic heterocycles. The summed E-state index contributed by atoms with van der Waals surface area (Å²) in [6.45, 7) is 9.61. The molecular formula is C29H50N4O. The quantitative estimate of drug-likeness (QED) is 0.406. The SMILES string of the molecule is C=C(C1CCCCCC1)N1CCC(CN2C(=O)C(CCCC)(CC3CCCCC3)N=C2N)CC1. The van der Waals surface area contributed by atoms with E-state index < -0.39 is 5.54 Å². The Labute approximate surface area is 208 Å². The van der Waals surface area contributed by atoms with Gasteiger partial charge in [-0.2, -0.15) is 0 Å². The van der Waals surface area contributed by atoms with Crippen molar-refractivity contribution >= 4 is 11.9 Å². The number of carbonyl (C=O) groups is 1. The van der Waals surface area contributed by atoms with Crippen molar-refractivity contribution < 1.29 is 4.79 Å². The molecule has 2 aliphatic carbocycles. The second-order valence-corrected chi connectivity index (χ2v) is 11.8. The minimum atomic E-state index is -0.587. The van der Waals surface area contributed by atoms with Crippen LogP contribution in [0.25, 0.3) is 0 Å². The van der Waals surface area contributed by atoms with E-state index >= 15 is 0 Å². The van der Waals surface area contributed by atoms with Gasteiger partial charge in [0.05, 0.1) is 0 Å². The van der Waals surface area contributed by atoms with Gasteiger partial charge in [-0.05, 0) is 56.3 Å². The third-order valence-electron chi connectivity index (χ3n) is 9.33. The molecule has 0 spiro atoms. The van der Waals surface area contributed by atoms with Crippen molar-refractivity contribution in [3.63, 3.8) is 0 Å². The summed E-state index contributed by atoms with van der Waals surface area (Å²) >= 11 is 0. The van der Waals surface area contributed by atoms with Crippen LogP contribution in [0.5, 0.6) is 0 Å². The number of carbonyl (C=O) groups excluding carboxylic acids is 1. The highest BCUT2D eigenvalue weighted by Crippen LogP contribution is 2.39. The van der Waals surface area contributed by atoms with Gasteiger partial charge in [0.1, 0.15) is 5.54 Å². The van der Waals surface area contributed by atoms with Crippen molar-refractivity contribution in [3.05, 3.63) is 12.3 Å². The lowest BCUT2D eigenvalue weighted by atomic mass is 9.77. The average Bonchev–Trinajstić information content (AvgIpc) is 3.04. The topological polar surface area (TPSA) is 61.9 Å². The van der Waals surface area contributed by atoms with Gasteiger partial charge < -0.3 is 10.6 Å². The molecule has 34 heavy (non-hydrogen) atoms. The normalized spacial score (nSPS) is 28.3. The van der Waals surface area contributed by atoms with Crippen LogP contribution in [0, 0.1) is 17.8 Å². The molecule has 5 heteroatoms. The summed E-state index contributed by atoms with van der Waals surface area (Å²) in [4.78, 5) is 23.2. The maximum atomic E-state index is 13.8. The zero-order valence-electron chi connectivity index (χ0n) is 21.9. The number of amides is 1. The number of aliphatic imine (C=N–C) groups is 1. The lowest BCUT2D eigenvalue weighted by molar-refractivity contribution is -0.132. The molecule has 2 N–H and O–H groups in total. The molecule has 1 unspecified atom stereocenters. The number of unbranched alkanes of at least 4 members (excludes halogenated alkanes) is 1. The zero-order chi connectivity index (χ0) is 24.0. The molecule has 0 aromatic carbocycles. The summed E-state index contributed by atoms with van der Waals surface area (Å²) in [5.41, 5.74) is 7.25. The Morgan fingerprint density at radius 1 is 0.971 bits per heavy atom. The molecule has 2 saturated carbocycles. The number of likely N-dealkylation sites (tertiary alicyclic amines) is 1. The predicted molar refractivity (Wildman–Crippen MR) is 141 cm³/mol. The van der Waals surface area contributed by atoms with Crippen LogP contribution in [-0.4, -0.2) is 46.8 Å². The summed E-state index contributed by atoms with van der Waals surface area (Å²) in [6.07, 6.45) is 20.7. The summed E-state index contributed by atoms with van der Waals surface area (Å²) in [7, 11) is 0. The van der Waals surface area contributed by atoms with E-state index in [-0.39, 0.29) is 5.91 Å². The fourth-order valence-electron chi connectivity index (χ4n) is 7.13. The first-order chi connectivity index (χ1) is 16.5. The molecule has 192 valence electrons. The molecule has 1 atom stereocenters. The molecule has 2 heterocycles. The minimum absolute atomic E-state index is 0.203. The number of hydrogen-bond acceptors (Lipinski definition) is 4. The molecule has 1 amide bonds. The molecule has 0 aromatic rings. The van der Waals surface area contributed by atoms with Crippen molar-refractivity contribution in [2.24, 2.45) is 28.5 Å². The Kier molecular flexibility index (Phi) is 8.98. The van der Waals surface area contributed by atoms with Crippen LogP contribution in [0.4, 0.5) is 0 Å². The van der Waals surface area contributed by atoms with Gasteiger partial charge >= 0.3 is 0 Å². The molecular weight excluding hydrogens is 420 g/mol. The van der Waals surface area contributed by atoms with Crippen LogP contribution in [-0.2, 0) is 4.79 Å². The van der Waals surface area contributed by atoms with Crippen LogP contribution in [0.1, 0.15) is 116 Å². The van der Waals surface area contributed by atoms with Crippen LogP contribution >= 0.6 is 0 Å². The molecule has 0 aromatic heterocycles. The van der Waals surface area contributed by atoms with E-state index in [4.69, 9.17) is 10.7 Å². The van der Waals surface area contributed by atoms with Crippen molar-refractivity contribution in [1.29, 1.82) is 0 Å². The molecule has 4 rings (SSSR count). The molecule has 0 radical (unpaired) electrons. The highest BCUT2D eigenvalue weighted by Gasteiger charge is 2.48. The van der Waals surface area contributed by atoms with E-state index in [2.05, 4.69) is 18.4 Å². The molecule has 0 bridgehead atoms. The number of hydrogen-bond donors (Lipinski definition) is 1. The Morgan fingerprint density at radius 3 is 2.24 bits per heavy atom. The van der Waals surface area contributed by atoms with Gasteiger partial charge in [0, 0.05) is 25.3 Å². The number of guanidine groups is 1. The smallest absolute Gasteiger partial charge is 0.257 e. The number of nitrogens with zero attached hydrogens (tertiary/aromatic N) is 3. The largest absolute Gasteiger partial charge is 0.375 e. The summed E-state index contributed by atoms with van der Waals surface area (Å²) in [5.74, 6) is 2.51. The Morgan fingerprint density at radius 2 is 1.59 bits per heavy atom. The highest BCUT2D eigenvalue weighted by atomic mass is 16.2. The molecule has 3 fully saturated rings. The second-order valence-electron chi connectivity index (χ2n) is 11.8. The fraction of sp³-hybridized carbons (Fsp3) is 0.862. The summed E-state index contributed by atoms with van der Waals surface area (Å²) < 4.78 is 0. The van der Waals surface area contributed by atoms with Gasteiger partial charge in [-0.1, -0.05) is 84.1 Å². The van der Waals surface area contributed by atoms with Crippen molar-refractivity contribution in [2.45, 2.75) is 122 Å². The van der Waals surface area contributed by atoms with Gasteiger partial charge in [-0.3, -0.25) is 9.69 Å². The van der Waals surface area contributed by atoms with E-state index in [1.54, 1.807) is 0 Å². The standard InChI is InChI=1S/C29H50N4O/c1-3-4-18-29(21-24-12-8-7-9-13-24)27(34)33(28(30)31-29)22-25-16-19-32(20-17-25)23(2)26-14-10-5-6-11-15-26/h24-26H,2-22H2,1H3,(H2,30,31). The fourth-order valence-corrected chi connectivity index (χ4v) is 7.13. The van der Waals surface area contributed by atoms with Crippen LogP contribution in [0.3, 0.4) is 0 Å². The van der Waals surface area contributed by atoms with Crippen molar-refractivity contribution in [1.82, 2.24) is 9.80 Å². The first-order valence-electron chi connectivity index (χ1n) is 14.6. The predicted octanol–water partition coefficient (Wildman–Crippen LogP) is 6.24. The van der Waals surface area contributed by atoms with Gasteiger partial charge in [0.25, 0.3) is 5.91 Å². The third-order valence-corrected chi connectivity index (χ3v) is 9.33. The first-order valence-corrected chi connectivity index (χ1v) is 14.6. The molecule has 5 nitrogen and oxygen atoms in total. The Balaban J connectivity index is 1.33. The number of nitrogens with two attached hydrogens (primary N) is 1. The summed E-state index contributed by atoms with van der Waals surface area (Å²) in [6, 6.07) is 0. The zero-order valence-corrected chi connectivity index (χ0v) is 21.9. The lowest BCUT2D eigenvalue weighted by Crippen LogP contribution is -2.48. The van der Waals surface area contributed by atoms with Crippen LogP contribution < -0.4 is 5.73 Å². The monoisotopic (exact) mass is 470 g/mol. The van der Waals surface area contributed by atoms with Gasteiger partial charge in [-0.25, -0.2) is 4.99 Å². The Bertz CT molecular complexity index is 712. The molecule has 4 aliphatic rings. The van der Waals surface area contributed by atoms with Crippen molar-refractivity contribution in [3.8, 4) is 0 Å². The maximum Gasteiger partial charge on any atom is 0.257 e. The summed E-state index contributed by atoms with van der Waals surface area (Å²) in [5, 5.41) is 0. The van der Waals surface area contributed by atoms with Crippen LogP contribution in [0.2, 0.25) is 0 Å². The third kappa shape index (κ3) is 5.99. The van der Waals surface area contributed by atoms with E-state index in [0.717, 1.165) is 58.2 Å². The number of piperidine rings is 1. The van der Waals surface area contributed by atoms with E-state index in [1.807, 2.05) is 4.90 Å². The molecule has 1 saturated heterocycles. The van der Waals surface area contributed by atoms with E-state index in [1.165, 1.54) is 76.3 Å². The Hall–Kier alpha value is -1.52. The van der Waals surface area contributed by atoms with Gasteiger partial charge in [-0.15, -0.1) is 0 Å². The number of rotatable bonds is 9. The first kappa shape index (κ1) is 25.6. The van der Waals surface area contributed by atoms with Gasteiger partial charge in [0.15, 0.2) is 5.96 Å². The lowest BCUT2D eigenvalue weighted by Gasteiger charge is -2.38. The highest BCUT2D eigenvalue weighted by molar-refractivity contribution is 6.06. The average molecular weight is 471 g/mol. The van der Waals surface area contributed by atoms with Crippen LogP contribution in [0.15, 0.2) is 17.3 Å². The number of allylic oxidation sites excluding steroid dienone is 1.